The van der Waals surface area contributed by atoms with E-state index in [0.717, 1.165) is 50.9 Å². The molecule has 3 atom stereocenters. The van der Waals surface area contributed by atoms with Gasteiger partial charge in [-0.15, -0.1) is 0 Å². The first-order valence-corrected chi connectivity index (χ1v) is 19.7. The second-order valence-corrected chi connectivity index (χ2v) is 13.8. The Morgan fingerprint density at radius 1 is 0.571 bits per heavy atom. The SMILES string of the molecule is CC/C=C\C/C=C\C/C=C\C/C=C\C[C@@H](O)[C@H](O)CCCC(=O)O[C@@H](CO)COC(=O)CCCCCCCCCCCCCCCC(C)C. The van der Waals surface area contributed by atoms with Gasteiger partial charge in [0.1, 0.15) is 6.61 Å². The first-order chi connectivity index (χ1) is 23.8. The van der Waals surface area contributed by atoms with E-state index in [2.05, 4.69) is 57.2 Å². The molecule has 0 aliphatic rings. The summed E-state index contributed by atoms with van der Waals surface area (Å²) in [5.41, 5.74) is 0. The first kappa shape index (κ1) is 46.8. The predicted molar refractivity (Wildman–Crippen MR) is 203 cm³/mol. The van der Waals surface area contributed by atoms with E-state index in [1.54, 1.807) is 0 Å². The number of carbonyl (C=O) groups excluding carboxylic acids is 2. The van der Waals surface area contributed by atoms with Crippen LogP contribution in [-0.2, 0) is 19.1 Å². The molecule has 0 saturated carbocycles. The summed E-state index contributed by atoms with van der Waals surface area (Å²) in [6.45, 7) is 6.11. The highest BCUT2D eigenvalue weighted by atomic mass is 16.6. The Hall–Kier alpha value is -2.22. The van der Waals surface area contributed by atoms with Crippen LogP contribution in [-0.4, -0.2) is 58.8 Å². The minimum atomic E-state index is -0.946. The lowest BCUT2D eigenvalue weighted by Crippen LogP contribution is -2.29. The summed E-state index contributed by atoms with van der Waals surface area (Å²) in [5.74, 6) is -0.0465. The van der Waals surface area contributed by atoms with E-state index < -0.39 is 30.9 Å². The Morgan fingerprint density at radius 3 is 1.55 bits per heavy atom. The van der Waals surface area contributed by atoms with Gasteiger partial charge in [0.15, 0.2) is 6.10 Å². The number of hydrogen-bond acceptors (Lipinski definition) is 7. The van der Waals surface area contributed by atoms with E-state index in [9.17, 15) is 24.9 Å². The van der Waals surface area contributed by atoms with Gasteiger partial charge < -0.3 is 24.8 Å². The number of aliphatic hydroxyl groups excluding tert-OH is 3. The summed E-state index contributed by atoms with van der Waals surface area (Å²) in [5, 5.41) is 30.0. The van der Waals surface area contributed by atoms with Crippen LogP contribution in [0.25, 0.3) is 0 Å². The van der Waals surface area contributed by atoms with Crippen LogP contribution in [0.3, 0.4) is 0 Å². The number of hydrogen-bond donors (Lipinski definition) is 3. The largest absolute Gasteiger partial charge is 0.462 e. The van der Waals surface area contributed by atoms with Crippen LogP contribution in [0, 0.1) is 5.92 Å². The van der Waals surface area contributed by atoms with Gasteiger partial charge in [0.2, 0.25) is 0 Å². The molecule has 0 aromatic heterocycles. The monoisotopic (exact) mass is 691 g/mol. The Kier molecular flexibility index (Phi) is 34.0. The molecule has 0 saturated heterocycles. The van der Waals surface area contributed by atoms with Gasteiger partial charge in [-0.3, -0.25) is 9.59 Å². The zero-order valence-electron chi connectivity index (χ0n) is 31.6. The maximum absolute atomic E-state index is 12.2. The minimum absolute atomic E-state index is 0.0385. The van der Waals surface area contributed by atoms with Gasteiger partial charge in [-0.05, 0) is 57.3 Å². The van der Waals surface area contributed by atoms with E-state index in [1.165, 1.54) is 70.6 Å². The number of aliphatic hydroxyl groups is 3. The second kappa shape index (κ2) is 35.6. The first-order valence-electron chi connectivity index (χ1n) is 19.7. The highest BCUT2D eigenvalue weighted by molar-refractivity contribution is 5.70. The molecule has 7 heteroatoms. The van der Waals surface area contributed by atoms with E-state index >= 15 is 0 Å². The van der Waals surface area contributed by atoms with E-state index in [1.807, 2.05) is 12.2 Å². The Morgan fingerprint density at radius 2 is 1.04 bits per heavy atom. The molecule has 0 aromatic carbocycles. The average Bonchev–Trinajstić information content (AvgIpc) is 3.08. The molecule has 49 heavy (non-hydrogen) atoms. The van der Waals surface area contributed by atoms with E-state index in [-0.39, 0.29) is 25.4 Å². The summed E-state index contributed by atoms with van der Waals surface area (Å²) in [4.78, 5) is 24.3. The van der Waals surface area contributed by atoms with Crippen LogP contribution in [0.15, 0.2) is 48.6 Å². The van der Waals surface area contributed by atoms with Crippen molar-refractivity contribution < 1.29 is 34.4 Å². The van der Waals surface area contributed by atoms with Gasteiger partial charge in [0.25, 0.3) is 0 Å². The Balaban J connectivity index is 3.81. The topological polar surface area (TPSA) is 113 Å². The summed E-state index contributed by atoms with van der Waals surface area (Å²) >= 11 is 0. The Bertz CT molecular complexity index is 876. The highest BCUT2D eigenvalue weighted by Crippen LogP contribution is 2.15. The van der Waals surface area contributed by atoms with Crippen LogP contribution < -0.4 is 0 Å². The standard InChI is InChI=1S/C42H74O7/c1-4-5-6-7-8-9-10-15-18-21-24-27-31-39(44)40(45)32-29-34-42(47)49-38(35-43)36-48-41(46)33-28-25-22-19-16-13-11-12-14-17-20-23-26-30-37(2)3/h5-6,8-9,15,18,24,27,37-40,43-45H,4,7,10-14,16-17,19-23,25-26,28-36H2,1-3H3/b6-5-,9-8-,18-15-,27-24-/t38-,39+,40+/m0/s1. The second-order valence-electron chi connectivity index (χ2n) is 13.8. The zero-order chi connectivity index (χ0) is 36.2. The number of carbonyl (C=O) groups is 2. The molecule has 284 valence electrons. The minimum Gasteiger partial charge on any atom is -0.462 e. The molecule has 0 aliphatic heterocycles. The fourth-order valence-electron chi connectivity index (χ4n) is 5.41. The zero-order valence-corrected chi connectivity index (χ0v) is 31.6. The molecule has 0 radical (unpaired) electrons. The van der Waals surface area contributed by atoms with Crippen molar-refractivity contribution in [1.29, 1.82) is 0 Å². The fourth-order valence-corrected chi connectivity index (χ4v) is 5.41. The molecule has 0 fully saturated rings. The van der Waals surface area contributed by atoms with Crippen molar-refractivity contribution in [2.24, 2.45) is 5.92 Å². The lowest BCUT2D eigenvalue weighted by atomic mass is 10.0. The van der Waals surface area contributed by atoms with Crippen molar-refractivity contribution in [1.82, 2.24) is 0 Å². The van der Waals surface area contributed by atoms with E-state index in [4.69, 9.17) is 9.47 Å². The maximum atomic E-state index is 12.2. The molecular formula is C42H74O7. The third-order valence-corrected chi connectivity index (χ3v) is 8.52. The molecule has 0 rings (SSSR count). The molecule has 0 bridgehead atoms. The predicted octanol–water partition coefficient (Wildman–Crippen LogP) is 10.0. The molecule has 0 amide bonds. The van der Waals surface area contributed by atoms with Crippen LogP contribution in [0.4, 0.5) is 0 Å². The number of rotatable bonds is 34. The van der Waals surface area contributed by atoms with Gasteiger partial charge in [-0.1, -0.05) is 153 Å². The molecule has 0 heterocycles. The lowest BCUT2D eigenvalue weighted by molar-refractivity contribution is -0.161. The molecule has 0 aromatic rings. The van der Waals surface area contributed by atoms with Crippen LogP contribution in [0.5, 0.6) is 0 Å². The van der Waals surface area contributed by atoms with Crippen molar-refractivity contribution in [2.75, 3.05) is 13.2 Å². The third kappa shape index (κ3) is 34.0. The van der Waals surface area contributed by atoms with Crippen molar-refractivity contribution in [3.63, 3.8) is 0 Å². The average molecular weight is 691 g/mol. The van der Waals surface area contributed by atoms with Gasteiger partial charge in [-0.25, -0.2) is 0 Å². The summed E-state index contributed by atoms with van der Waals surface area (Å²) in [6.07, 6.45) is 36.3. The van der Waals surface area contributed by atoms with Crippen LogP contribution in [0.2, 0.25) is 0 Å². The summed E-state index contributed by atoms with van der Waals surface area (Å²) < 4.78 is 10.5. The number of ether oxygens (including phenoxy) is 2. The number of unbranched alkanes of at least 4 members (excludes halogenated alkanes) is 12. The number of esters is 2. The van der Waals surface area contributed by atoms with Gasteiger partial charge >= 0.3 is 11.9 Å². The highest BCUT2D eigenvalue weighted by Gasteiger charge is 2.18. The smallest absolute Gasteiger partial charge is 0.306 e. The van der Waals surface area contributed by atoms with Crippen molar-refractivity contribution >= 4 is 11.9 Å². The van der Waals surface area contributed by atoms with E-state index in [0.29, 0.717) is 19.3 Å². The normalized spacial score (nSPS) is 14.1. The lowest BCUT2D eigenvalue weighted by Gasteiger charge is -2.17. The molecule has 0 aliphatic carbocycles. The third-order valence-electron chi connectivity index (χ3n) is 8.52. The molecule has 0 spiro atoms. The van der Waals surface area contributed by atoms with Crippen molar-refractivity contribution in [2.45, 2.75) is 187 Å². The molecule has 3 N–H and O–H groups in total. The summed E-state index contributed by atoms with van der Waals surface area (Å²) in [7, 11) is 0. The maximum Gasteiger partial charge on any atom is 0.306 e. The van der Waals surface area contributed by atoms with Gasteiger partial charge in [0.05, 0.1) is 18.8 Å². The Labute approximate surface area is 300 Å². The van der Waals surface area contributed by atoms with Crippen LogP contribution >= 0.6 is 0 Å². The quantitative estimate of drug-likeness (QED) is 0.0350. The molecular weight excluding hydrogens is 616 g/mol. The van der Waals surface area contributed by atoms with Crippen molar-refractivity contribution in [3.8, 4) is 0 Å². The van der Waals surface area contributed by atoms with Gasteiger partial charge in [0, 0.05) is 12.8 Å². The molecule has 0 unspecified atom stereocenters. The van der Waals surface area contributed by atoms with Gasteiger partial charge in [-0.2, -0.15) is 0 Å². The summed E-state index contributed by atoms with van der Waals surface area (Å²) in [6, 6.07) is 0. The van der Waals surface area contributed by atoms with Crippen LogP contribution in [0.1, 0.15) is 168 Å². The number of allylic oxidation sites excluding steroid dienone is 7. The van der Waals surface area contributed by atoms with Crippen molar-refractivity contribution in [3.05, 3.63) is 48.6 Å². The molecule has 7 nitrogen and oxygen atoms in total. The fraction of sp³-hybridized carbons (Fsp3) is 0.762.